The molecule has 0 unspecified atom stereocenters. The van der Waals surface area contributed by atoms with Crippen molar-refractivity contribution in [3.8, 4) is 0 Å². The van der Waals surface area contributed by atoms with Crippen molar-refractivity contribution in [2.45, 2.75) is 69.3 Å². The Balaban J connectivity index is 2.03. The van der Waals surface area contributed by atoms with Gasteiger partial charge in [-0.2, -0.15) is 0 Å². The molecule has 1 aliphatic rings. The van der Waals surface area contributed by atoms with E-state index in [2.05, 4.69) is 16.0 Å². The van der Waals surface area contributed by atoms with Crippen molar-refractivity contribution < 1.29 is 44.1 Å². The molecule has 0 aliphatic carbocycles. The highest BCUT2D eigenvalue weighted by atomic mass is 16.4. The molecule has 0 aromatic heterocycles. The van der Waals surface area contributed by atoms with E-state index in [1.54, 1.807) is 30.3 Å². The average molecular weight is 550 g/mol. The number of carboxylic acids is 2. The second-order valence-electron chi connectivity index (χ2n) is 9.32. The minimum Gasteiger partial charge on any atom is -0.481 e. The number of rotatable bonds is 14. The topological polar surface area (TPSA) is 228 Å². The van der Waals surface area contributed by atoms with Gasteiger partial charge >= 0.3 is 11.9 Å². The standard InChI is InChI=1S/C25H35N5O9/c1-14(31)21(29-22(35)16(26)12-15-6-3-2-4-7-15)24(37)28-17(9-10-20(33)34)23(36)27-13-19(32)30-11-5-8-18(30)25(38)39/h2-4,6-7,14,16-18,21,31H,5,8-13,26H2,1H3,(H,27,36)(H,28,37)(H,29,35)(H,33,34)(H,38,39)/t14-,16+,17+,18+,21+/m1/s1. The summed E-state index contributed by atoms with van der Waals surface area (Å²) in [6.07, 6.45) is -1.31. The lowest BCUT2D eigenvalue weighted by Gasteiger charge is -2.26. The van der Waals surface area contributed by atoms with Crippen LogP contribution < -0.4 is 21.7 Å². The fourth-order valence-corrected chi connectivity index (χ4v) is 4.13. The van der Waals surface area contributed by atoms with E-state index in [4.69, 9.17) is 10.8 Å². The molecule has 1 aromatic rings. The monoisotopic (exact) mass is 549 g/mol. The Labute approximate surface area is 224 Å². The maximum Gasteiger partial charge on any atom is 0.326 e. The molecule has 14 heteroatoms. The maximum atomic E-state index is 12.9. The number of carbonyl (C=O) groups is 6. The number of carbonyl (C=O) groups excluding carboxylic acids is 4. The molecule has 8 N–H and O–H groups in total. The number of benzene rings is 1. The molecule has 0 radical (unpaired) electrons. The van der Waals surface area contributed by atoms with Crippen LogP contribution in [0.3, 0.4) is 0 Å². The summed E-state index contributed by atoms with van der Waals surface area (Å²) in [6.45, 7) is 0.896. The molecule has 1 heterocycles. The summed E-state index contributed by atoms with van der Waals surface area (Å²) < 4.78 is 0. The maximum absolute atomic E-state index is 12.9. The van der Waals surface area contributed by atoms with Crippen LogP contribution in [-0.2, 0) is 35.2 Å². The van der Waals surface area contributed by atoms with E-state index < -0.39 is 78.8 Å². The Hall–Kier alpha value is -4.04. The molecule has 39 heavy (non-hydrogen) atoms. The van der Waals surface area contributed by atoms with Crippen molar-refractivity contribution in [2.24, 2.45) is 5.73 Å². The SMILES string of the molecule is C[C@@H](O)[C@H](NC(=O)[C@@H](N)Cc1ccccc1)C(=O)N[C@@H](CCC(=O)O)C(=O)NCC(=O)N1CCC[C@H]1C(=O)O. The number of amides is 4. The van der Waals surface area contributed by atoms with Crippen molar-refractivity contribution in [1.29, 1.82) is 0 Å². The number of aliphatic hydroxyl groups is 1. The first-order valence-corrected chi connectivity index (χ1v) is 12.5. The van der Waals surface area contributed by atoms with Crippen molar-refractivity contribution in [1.82, 2.24) is 20.9 Å². The lowest BCUT2D eigenvalue weighted by molar-refractivity contribution is -0.148. The van der Waals surface area contributed by atoms with Crippen LogP contribution in [0.4, 0.5) is 0 Å². The zero-order valence-electron chi connectivity index (χ0n) is 21.5. The zero-order valence-corrected chi connectivity index (χ0v) is 21.5. The third kappa shape index (κ3) is 9.65. The van der Waals surface area contributed by atoms with Gasteiger partial charge in [-0.3, -0.25) is 24.0 Å². The minimum absolute atomic E-state index is 0.165. The number of hydrogen-bond donors (Lipinski definition) is 7. The molecule has 1 aromatic carbocycles. The summed E-state index contributed by atoms with van der Waals surface area (Å²) in [5.41, 5.74) is 6.73. The highest BCUT2D eigenvalue weighted by Crippen LogP contribution is 2.17. The first-order valence-electron chi connectivity index (χ1n) is 12.5. The van der Waals surface area contributed by atoms with Crippen LogP contribution in [0.1, 0.15) is 38.2 Å². The molecule has 1 aliphatic heterocycles. The van der Waals surface area contributed by atoms with E-state index in [-0.39, 0.29) is 25.8 Å². The number of nitrogens with two attached hydrogens (primary N) is 1. The fraction of sp³-hybridized carbons (Fsp3) is 0.520. The normalized spacial score (nSPS) is 17.8. The van der Waals surface area contributed by atoms with Crippen molar-refractivity contribution in [3.63, 3.8) is 0 Å². The number of hydrogen-bond acceptors (Lipinski definition) is 8. The summed E-state index contributed by atoms with van der Waals surface area (Å²) >= 11 is 0. The van der Waals surface area contributed by atoms with Gasteiger partial charge in [-0.25, -0.2) is 4.79 Å². The molecular formula is C25H35N5O9. The lowest BCUT2D eigenvalue weighted by Crippen LogP contribution is -2.59. The molecule has 1 fully saturated rings. The molecule has 0 bridgehead atoms. The van der Waals surface area contributed by atoms with Gasteiger partial charge in [-0.05, 0) is 38.2 Å². The van der Waals surface area contributed by atoms with E-state index in [0.29, 0.717) is 6.42 Å². The van der Waals surface area contributed by atoms with Gasteiger partial charge < -0.3 is 41.9 Å². The predicted octanol–water partition coefficient (Wildman–Crippen LogP) is -2.04. The van der Waals surface area contributed by atoms with Crippen LogP contribution in [-0.4, -0.2) is 99.1 Å². The zero-order chi connectivity index (χ0) is 29.1. The van der Waals surface area contributed by atoms with Crippen LogP contribution in [0.15, 0.2) is 30.3 Å². The van der Waals surface area contributed by atoms with Crippen molar-refractivity contribution in [2.75, 3.05) is 13.1 Å². The molecular weight excluding hydrogens is 514 g/mol. The smallest absolute Gasteiger partial charge is 0.326 e. The molecule has 214 valence electrons. The summed E-state index contributed by atoms with van der Waals surface area (Å²) in [6, 6.07) is 3.92. The largest absolute Gasteiger partial charge is 0.481 e. The van der Waals surface area contributed by atoms with E-state index in [1.165, 1.54) is 6.92 Å². The number of nitrogens with one attached hydrogen (secondary N) is 3. The highest BCUT2D eigenvalue weighted by molar-refractivity contribution is 5.95. The first-order chi connectivity index (χ1) is 18.4. The van der Waals surface area contributed by atoms with Crippen molar-refractivity contribution in [3.05, 3.63) is 35.9 Å². The number of nitrogens with zero attached hydrogens (tertiary/aromatic N) is 1. The average Bonchev–Trinajstić information content (AvgIpc) is 3.38. The van der Waals surface area contributed by atoms with E-state index in [0.717, 1.165) is 10.5 Å². The van der Waals surface area contributed by atoms with Gasteiger partial charge in [-0.15, -0.1) is 0 Å². The van der Waals surface area contributed by atoms with E-state index in [1.807, 2.05) is 0 Å². The van der Waals surface area contributed by atoms with Crippen LogP contribution in [0.2, 0.25) is 0 Å². The van der Waals surface area contributed by atoms with Crippen LogP contribution in [0.5, 0.6) is 0 Å². The number of aliphatic carboxylic acids is 2. The van der Waals surface area contributed by atoms with Gasteiger partial charge in [0.15, 0.2) is 0 Å². The Morgan fingerprint density at radius 1 is 1.03 bits per heavy atom. The molecule has 0 saturated carbocycles. The van der Waals surface area contributed by atoms with Gasteiger partial charge in [0.05, 0.1) is 18.7 Å². The number of aliphatic hydroxyl groups excluding tert-OH is 1. The summed E-state index contributed by atoms with van der Waals surface area (Å²) in [5.74, 6) is -5.62. The minimum atomic E-state index is -1.51. The fourth-order valence-electron chi connectivity index (χ4n) is 4.13. The highest BCUT2D eigenvalue weighted by Gasteiger charge is 2.35. The molecule has 1 saturated heterocycles. The second kappa shape index (κ2) is 14.8. The Kier molecular flexibility index (Phi) is 11.8. The summed E-state index contributed by atoms with van der Waals surface area (Å²) in [4.78, 5) is 74.3. The molecule has 4 amide bonds. The van der Waals surface area contributed by atoms with Gasteiger partial charge in [0.2, 0.25) is 23.6 Å². The summed E-state index contributed by atoms with van der Waals surface area (Å²) in [5, 5.41) is 35.4. The first kappa shape index (κ1) is 31.2. The van der Waals surface area contributed by atoms with Crippen molar-refractivity contribution >= 4 is 35.6 Å². The summed E-state index contributed by atoms with van der Waals surface area (Å²) in [7, 11) is 0. The number of likely N-dealkylation sites (tertiary alicyclic amines) is 1. The Bertz CT molecular complexity index is 1050. The number of carboxylic acid groups (broad SMARTS) is 2. The Morgan fingerprint density at radius 2 is 1.69 bits per heavy atom. The third-order valence-corrected chi connectivity index (χ3v) is 6.25. The van der Waals surface area contributed by atoms with Gasteiger partial charge in [0, 0.05) is 13.0 Å². The third-order valence-electron chi connectivity index (χ3n) is 6.25. The van der Waals surface area contributed by atoms with Gasteiger partial charge in [-0.1, -0.05) is 30.3 Å². The predicted molar refractivity (Wildman–Crippen MR) is 136 cm³/mol. The van der Waals surface area contributed by atoms with E-state index in [9.17, 15) is 39.0 Å². The van der Waals surface area contributed by atoms with Crippen LogP contribution >= 0.6 is 0 Å². The van der Waals surface area contributed by atoms with Crippen LogP contribution in [0.25, 0.3) is 0 Å². The lowest BCUT2D eigenvalue weighted by atomic mass is 10.0. The second-order valence-corrected chi connectivity index (χ2v) is 9.32. The molecule has 2 rings (SSSR count). The molecule has 0 spiro atoms. The molecule has 14 nitrogen and oxygen atoms in total. The van der Waals surface area contributed by atoms with Crippen LogP contribution in [0, 0.1) is 0 Å². The van der Waals surface area contributed by atoms with Gasteiger partial charge in [0.1, 0.15) is 18.1 Å². The molecule has 5 atom stereocenters. The van der Waals surface area contributed by atoms with Gasteiger partial charge in [0.25, 0.3) is 0 Å². The quantitative estimate of drug-likeness (QED) is 0.134. The Morgan fingerprint density at radius 3 is 2.28 bits per heavy atom. The van der Waals surface area contributed by atoms with E-state index >= 15 is 0 Å².